The van der Waals surface area contributed by atoms with Crippen LogP contribution >= 0.6 is 0 Å². The van der Waals surface area contributed by atoms with Gasteiger partial charge in [0.15, 0.2) is 0 Å². The first-order valence-electron chi connectivity index (χ1n) is 5.38. The molecule has 4 nitrogen and oxygen atoms in total. The van der Waals surface area contributed by atoms with Gasteiger partial charge in [-0.1, -0.05) is 0 Å². The minimum absolute atomic E-state index is 0.748. The fourth-order valence-corrected chi connectivity index (χ4v) is 1.96. The van der Waals surface area contributed by atoms with E-state index in [4.69, 9.17) is 5.73 Å². The molecule has 0 aliphatic carbocycles. The zero-order valence-electron chi connectivity index (χ0n) is 9.46. The van der Waals surface area contributed by atoms with E-state index in [9.17, 15) is 0 Å². The lowest BCUT2D eigenvalue weighted by Crippen LogP contribution is -1.93. The molecule has 4 heteroatoms. The molecule has 0 saturated carbocycles. The van der Waals surface area contributed by atoms with Gasteiger partial charge in [0.05, 0.1) is 11.0 Å². The van der Waals surface area contributed by atoms with Gasteiger partial charge in [0, 0.05) is 30.7 Å². The van der Waals surface area contributed by atoms with Crippen LogP contribution in [0, 0.1) is 0 Å². The second-order valence-electron chi connectivity index (χ2n) is 3.98. The van der Waals surface area contributed by atoms with Gasteiger partial charge in [0.25, 0.3) is 0 Å². The van der Waals surface area contributed by atoms with Gasteiger partial charge in [-0.25, -0.2) is 4.98 Å². The summed E-state index contributed by atoms with van der Waals surface area (Å²) in [4.78, 5) is 8.70. The molecule has 17 heavy (non-hydrogen) atoms. The molecule has 0 aliphatic rings. The van der Waals surface area contributed by atoms with Crippen LogP contribution in [-0.4, -0.2) is 14.5 Å². The maximum absolute atomic E-state index is 5.79. The Labute approximate surface area is 98.7 Å². The van der Waals surface area contributed by atoms with Gasteiger partial charge in [0.2, 0.25) is 0 Å². The number of nitrogens with zero attached hydrogens (tertiary/aromatic N) is 3. The molecule has 0 fully saturated rings. The molecule has 2 N–H and O–H groups in total. The summed E-state index contributed by atoms with van der Waals surface area (Å²) in [5.41, 5.74) is 9.52. The zero-order chi connectivity index (χ0) is 11.8. The maximum atomic E-state index is 5.79. The molecule has 0 bridgehead atoms. The monoisotopic (exact) mass is 224 g/mol. The maximum Gasteiger partial charge on any atom is 0.142 e. The highest BCUT2D eigenvalue weighted by Gasteiger charge is 2.09. The number of pyridine rings is 1. The Morgan fingerprint density at radius 2 is 2.12 bits per heavy atom. The summed E-state index contributed by atoms with van der Waals surface area (Å²) in [6.07, 6.45) is 3.56. The lowest BCUT2D eigenvalue weighted by molar-refractivity contribution is 0.958. The third kappa shape index (κ3) is 1.54. The quantitative estimate of drug-likeness (QED) is 0.645. The van der Waals surface area contributed by atoms with Gasteiger partial charge < -0.3 is 10.3 Å². The van der Waals surface area contributed by atoms with Crippen molar-refractivity contribution in [3.8, 4) is 11.4 Å². The molecule has 3 aromatic rings. The predicted molar refractivity (Wildman–Crippen MR) is 68.4 cm³/mol. The van der Waals surface area contributed by atoms with E-state index in [2.05, 4.69) is 9.97 Å². The van der Waals surface area contributed by atoms with E-state index < -0.39 is 0 Å². The Bertz CT molecular complexity index is 670. The number of anilines is 1. The molecule has 2 aromatic heterocycles. The molecule has 3 rings (SSSR count). The Morgan fingerprint density at radius 1 is 1.24 bits per heavy atom. The van der Waals surface area contributed by atoms with Gasteiger partial charge in [-0.3, -0.25) is 4.98 Å². The fourth-order valence-electron chi connectivity index (χ4n) is 1.96. The third-order valence-corrected chi connectivity index (χ3v) is 2.82. The summed E-state index contributed by atoms with van der Waals surface area (Å²) >= 11 is 0. The van der Waals surface area contributed by atoms with Crippen molar-refractivity contribution < 1.29 is 0 Å². The van der Waals surface area contributed by atoms with Gasteiger partial charge in [-0.15, -0.1) is 0 Å². The molecule has 0 amide bonds. The SMILES string of the molecule is Cn1c(-c2cccnc2)nc2ccc(N)cc21. The van der Waals surface area contributed by atoms with E-state index in [1.165, 1.54) is 0 Å². The lowest BCUT2D eigenvalue weighted by atomic mass is 10.3. The van der Waals surface area contributed by atoms with Crippen molar-refractivity contribution in [3.05, 3.63) is 42.7 Å². The second kappa shape index (κ2) is 3.59. The van der Waals surface area contributed by atoms with Crippen molar-refractivity contribution in [2.45, 2.75) is 0 Å². The topological polar surface area (TPSA) is 56.7 Å². The summed E-state index contributed by atoms with van der Waals surface area (Å²) in [6.45, 7) is 0. The molecule has 0 radical (unpaired) electrons. The van der Waals surface area contributed by atoms with E-state index in [-0.39, 0.29) is 0 Å². The smallest absolute Gasteiger partial charge is 0.142 e. The van der Waals surface area contributed by atoms with Crippen LogP contribution in [0.3, 0.4) is 0 Å². The van der Waals surface area contributed by atoms with Gasteiger partial charge in [-0.05, 0) is 30.3 Å². The highest BCUT2D eigenvalue weighted by Crippen LogP contribution is 2.24. The first kappa shape index (κ1) is 9.84. The third-order valence-electron chi connectivity index (χ3n) is 2.82. The van der Waals surface area contributed by atoms with Crippen LogP contribution in [0.2, 0.25) is 0 Å². The van der Waals surface area contributed by atoms with Crippen LogP contribution < -0.4 is 5.73 Å². The molecule has 0 atom stereocenters. The summed E-state index contributed by atoms with van der Waals surface area (Å²) < 4.78 is 2.03. The number of hydrogen-bond acceptors (Lipinski definition) is 3. The highest BCUT2D eigenvalue weighted by atomic mass is 15.1. The van der Waals surface area contributed by atoms with E-state index in [1.807, 2.05) is 48.1 Å². The standard InChI is InChI=1S/C13H12N4/c1-17-12-7-10(14)4-5-11(12)16-13(17)9-3-2-6-15-8-9/h2-8H,14H2,1H3. The predicted octanol–water partition coefficient (Wildman–Crippen LogP) is 2.22. The van der Waals surface area contributed by atoms with E-state index in [1.54, 1.807) is 6.20 Å². The number of nitrogen functional groups attached to an aromatic ring is 1. The van der Waals surface area contributed by atoms with Crippen LogP contribution in [-0.2, 0) is 7.05 Å². The summed E-state index contributed by atoms with van der Waals surface area (Å²) in [6, 6.07) is 9.63. The first-order valence-corrected chi connectivity index (χ1v) is 5.38. The molecule has 0 aliphatic heterocycles. The number of aryl methyl sites for hydroxylation is 1. The number of benzene rings is 1. The van der Waals surface area contributed by atoms with Crippen molar-refractivity contribution in [2.75, 3.05) is 5.73 Å². The molecule has 0 spiro atoms. The largest absolute Gasteiger partial charge is 0.399 e. The molecular formula is C13H12N4. The van der Waals surface area contributed by atoms with Gasteiger partial charge >= 0.3 is 0 Å². The Kier molecular flexibility index (Phi) is 2.08. The van der Waals surface area contributed by atoms with Crippen LogP contribution in [0.4, 0.5) is 5.69 Å². The van der Waals surface area contributed by atoms with Crippen LogP contribution in [0.5, 0.6) is 0 Å². The molecule has 2 heterocycles. The fraction of sp³-hybridized carbons (Fsp3) is 0.0769. The lowest BCUT2D eigenvalue weighted by Gasteiger charge is -2.01. The van der Waals surface area contributed by atoms with Gasteiger partial charge in [-0.2, -0.15) is 0 Å². The highest BCUT2D eigenvalue weighted by molar-refractivity contribution is 5.83. The Morgan fingerprint density at radius 3 is 2.88 bits per heavy atom. The first-order chi connectivity index (χ1) is 8.25. The summed E-state index contributed by atoms with van der Waals surface area (Å²) in [5, 5.41) is 0. The second-order valence-corrected chi connectivity index (χ2v) is 3.98. The number of nitrogens with two attached hydrogens (primary N) is 1. The van der Waals surface area contributed by atoms with Crippen molar-refractivity contribution in [2.24, 2.45) is 7.05 Å². The van der Waals surface area contributed by atoms with Crippen molar-refractivity contribution in [3.63, 3.8) is 0 Å². The van der Waals surface area contributed by atoms with Crippen molar-refractivity contribution >= 4 is 16.7 Å². The number of rotatable bonds is 1. The Balaban J connectivity index is 2.28. The molecular weight excluding hydrogens is 212 g/mol. The number of fused-ring (bicyclic) bond motifs is 1. The minimum Gasteiger partial charge on any atom is -0.399 e. The van der Waals surface area contributed by atoms with Crippen LogP contribution in [0.1, 0.15) is 0 Å². The van der Waals surface area contributed by atoms with Crippen LogP contribution in [0.25, 0.3) is 22.4 Å². The van der Waals surface area contributed by atoms with Crippen molar-refractivity contribution in [1.29, 1.82) is 0 Å². The number of imidazole rings is 1. The summed E-state index contributed by atoms with van der Waals surface area (Å²) in [5.74, 6) is 0.902. The molecule has 0 unspecified atom stereocenters. The Hall–Kier alpha value is -2.36. The number of aromatic nitrogens is 3. The van der Waals surface area contributed by atoms with Crippen LogP contribution in [0.15, 0.2) is 42.7 Å². The van der Waals surface area contributed by atoms with E-state index >= 15 is 0 Å². The zero-order valence-corrected chi connectivity index (χ0v) is 9.46. The van der Waals surface area contributed by atoms with E-state index in [0.29, 0.717) is 0 Å². The minimum atomic E-state index is 0.748. The average molecular weight is 224 g/mol. The normalized spacial score (nSPS) is 10.9. The van der Waals surface area contributed by atoms with E-state index in [0.717, 1.165) is 28.1 Å². The average Bonchev–Trinajstić information content (AvgIpc) is 2.68. The molecule has 1 aromatic carbocycles. The number of hydrogen-bond donors (Lipinski definition) is 1. The summed E-state index contributed by atoms with van der Waals surface area (Å²) in [7, 11) is 1.98. The molecule has 84 valence electrons. The van der Waals surface area contributed by atoms with Gasteiger partial charge in [0.1, 0.15) is 5.82 Å². The van der Waals surface area contributed by atoms with Crippen molar-refractivity contribution in [1.82, 2.24) is 14.5 Å². The molecule has 0 saturated heterocycles.